The van der Waals surface area contributed by atoms with Crippen molar-refractivity contribution in [1.82, 2.24) is 4.90 Å². The second kappa shape index (κ2) is 15.3. The maximum absolute atomic E-state index is 12.9. The molecule has 1 N–H and O–H groups in total. The van der Waals surface area contributed by atoms with Crippen molar-refractivity contribution in [2.24, 2.45) is 0 Å². The van der Waals surface area contributed by atoms with Crippen LogP contribution in [0.3, 0.4) is 0 Å². The molecular formula is C32H37NO7. The normalized spacial score (nSPS) is 11.4. The highest BCUT2D eigenvalue weighted by molar-refractivity contribution is 5.96. The quantitative estimate of drug-likeness (QED) is 0.141. The van der Waals surface area contributed by atoms with Gasteiger partial charge in [-0.25, -0.2) is 9.59 Å². The van der Waals surface area contributed by atoms with Crippen molar-refractivity contribution in [3.05, 3.63) is 89.5 Å². The Kier molecular flexibility index (Phi) is 11.6. The van der Waals surface area contributed by atoms with Gasteiger partial charge in [0, 0.05) is 19.0 Å². The highest BCUT2D eigenvalue weighted by Gasteiger charge is 2.27. The van der Waals surface area contributed by atoms with E-state index in [4.69, 9.17) is 14.2 Å². The smallest absolute Gasteiger partial charge is 0.343 e. The van der Waals surface area contributed by atoms with E-state index in [1.165, 1.54) is 38.3 Å². The first kappa shape index (κ1) is 30.2. The molecule has 3 aromatic carbocycles. The molecular weight excluding hydrogens is 510 g/mol. The summed E-state index contributed by atoms with van der Waals surface area (Å²) in [6.45, 7) is 2.83. The number of benzene rings is 3. The standard InChI is InChI=1S/C32H37NO7/c1-4-5-6-7-8-21-39-27-19-13-25(14-20-27)32(37)40-28-15-9-23(10-16-28)22-29(31(35)36)33(2)30(34)24-11-17-26(38-3)18-12-24/h9-20,29H,4-8,21-22H2,1-3H3,(H,35,36)/t29-/m0/s1. The molecule has 0 aliphatic carbocycles. The van der Waals surface area contributed by atoms with E-state index in [1.54, 1.807) is 72.8 Å². The Bertz CT molecular complexity index is 1240. The second-order valence-corrected chi connectivity index (χ2v) is 9.52. The molecule has 8 heteroatoms. The summed E-state index contributed by atoms with van der Waals surface area (Å²) in [5.41, 5.74) is 1.43. The number of nitrogens with zero attached hydrogens (tertiary/aromatic N) is 1. The van der Waals surface area contributed by atoms with Crippen molar-refractivity contribution in [3.63, 3.8) is 0 Å². The number of carboxylic acid groups (broad SMARTS) is 1. The molecule has 1 amide bonds. The zero-order valence-electron chi connectivity index (χ0n) is 23.3. The second-order valence-electron chi connectivity index (χ2n) is 9.52. The molecule has 0 aliphatic heterocycles. The van der Waals surface area contributed by atoms with Gasteiger partial charge in [0.05, 0.1) is 19.3 Å². The van der Waals surface area contributed by atoms with Gasteiger partial charge in [-0.1, -0.05) is 44.7 Å². The molecule has 0 saturated carbocycles. The van der Waals surface area contributed by atoms with E-state index in [9.17, 15) is 19.5 Å². The minimum absolute atomic E-state index is 0.0853. The number of methoxy groups -OCH3 is 1. The maximum atomic E-state index is 12.9. The van der Waals surface area contributed by atoms with E-state index in [1.807, 2.05) is 0 Å². The fraction of sp³-hybridized carbons (Fsp3) is 0.344. The first-order chi connectivity index (χ1) is 19.3. The highest BCUT2D eigenvalue weighted by atomic mass is 16.5. The Morgan fingerprint density at radius 3 is 1.95 bits per heavy atom. The number of carbonyl (C=O) groups excluding carboxylic acids is 2. The van der Waals surface area contributed by atoms with Crippen LogP contribution < -0.4 is 14.2 Å². The summed E-state index contributed by atoms with van der Waals surface area (Å²) < 4.78 is 16.3. The van der Waals surface area contributed by atoms with Crippen molar-refractivity contribution in [3.8, 4) is 17.2 Å². The van der Waals surface area contributed by atoms with Crippen molar-refractivity contribution in [1.29, 1.82) is 0 Å². The fourth-order valence-electron chi connectivity index (χ4n) is 4.13. The first-order valence-corrected chi connectivity index (χ1v) is 13.5. The molecule has 0 bridgehead atoms. The molecule has 0 radical (unpaired) electrons. The van der Waals surface area contributed by atoms with Crippen LogP contribution in [0.2, 0.25) is 0 Å². The molecule has 3 rings (SSSR count). The molecule has 0 aliphatic rings. The number of amides is 1. The third-order valence-corrected chi connectivity index (χ3v) is 6.58. The Hall–Kier alpha value is -4.33. The van der Waals surface area contributed by atoms with Gasteiger partial charge in [0.1, 0.15) is 23.3 Å². The third kappa shape index (κ3) is 8.86. The summed E-state index contributed by atoms with van der Waals surface area (Å²) >= 11 is 0. The van der Waals surface area contributed by atoms with Gasteiger partial charge in [-0.2, -0.15) is 0 Å². The van der Waals surface area contributed by atoms with Gasteiger partial charge in [0.25, 0.3) is 5.91 Å². The lowest BCUT2D eigenvalue weighted by atomic mass is 10.0. The largest absolute Gasteiger partial charge is 0.497 e. The lowest BCUT2D eigenvalue weighted by molar-refractivity contribution is -0.141. The SMILES string of the molecule is CCCCCCCOc1ccc(C(=O)Oc2ccc(C[C@@H](C(=O)O)N(C)C(=O)c3ccc(OC)cc3)cc2)cc1. The molecule has 0 saturated heterocycles. The monoisotopic (exact) mass is 547 g/mol. The molecule has 0 heterocycles. The predicted molar refractivity (Wildman–Crippen MR) is 152 cm³/mol. The van der Waals surface area contributed by atoms with Crippen molar-refractivity contribution in [2.75, 3.05) is 20.8 Å². The Labute approximate surface area is 235 Å². The van der Waals surface area contributed by atoms with E-state index < -0.39 is 23.9 Å². The van der Waals surface area contributed by atoms with Gasteiger partial charge in [-0.15, -0.1) is 0 Å². The molecule has 212 valence electrons. The van der Waals surface area contributed by atoms with Crippen molar-refractivity contribution >= 4 is 17.8 Å². The summed E-state index contributed by atoms with van der Waals surface area (Å²) in [4.78, 5) is 38.7. The lowest BCUT2D eigenvalue weighted by Crippen LogP contribution is -2.43. The molecule has 0 aromatic heterocycles. The molecule has 0 unspecified atom stereocenters. The fourth-order valence-corrected chi connectivity index (χ4v) is 4.13. The van der Waals surface area contributed by atoms with Gasteiger partial charge in [0.15, 0.2) is 0 Å². The zero-order valence-corrected chi connectivity index (χ0v) is 23.3. The summed E-state index contributed by atoms with van der Waals surface area (Å²) in [6, 6.07) is 18.8. The molecule has 1 atom stereocenters. The van der Waals surface area contributed by atoms with Crippen LogP contribution in [0.1, 0.15) is 65.3 Å². The number of rotatable bonds is 15. The van der Waals surface area contributed by atoms with Crippen LogP contribution in [0.5, 0.6) is 17.2 Å². The minimum atomic E-state index is -1.12. The highest BCUT2D eigenvalue weighted by Crippen LogP contribution is 2.20. The number of carbonyl (C=O) groups is 3. The van der Waals surface area contributed by atoms with E-state index in [0.717, 1.165) is 12.8 Å². The molecule has 3 aromatic rings. The Balaban J connectivity index is 1.54. The molecule has 8 nitrogen and oxygen atoms in total. The van der Waals surface area contributed by atoms with Crippen molar-refractivity contribution < 1.29 is 33.7 Å². The van der Waals surface area contributed by atoms with Crippen LogP contribution >= 0.6 is 0 Å². The number of aliphatic carboxylic acids is 1. The predicted octanol–water partition coefficient (Wildman–Crippen LogP) is 6.03. The molecule has 40 heavy (non-hydrogen) atoms. The van der Waals surface area contributed by atoms with Gasteiger partial charge in [0.2, 0.25) is 0 Å². The average Bonchev–Trinajstić information content (AvgIpc) is 2.98. The number of carboxylic acids is 1. The van der Waals surface area contributed by atoms with E-state index in [2.05, 4.69) is 6.92 Å². The van der Waals surface area contributed by atoms with Gasteiger partial charge < -0.3 is 24.2 Å². The maximum Gasteiger partial charge on any atom is 0.343 e. The zero-order chi connectivity index (χ0) is 28.9. The Morgan fingerprint density at radius 2 is 1.35 bits per heavy atom. The van der Waals surface area contributed by atoms with E-state index in [-0.39, 0.29) is 6.42 Å². The summed E-state index contributed by atoms with van der Waals surface area (Å²) in [5.74, 6) is -0.403. The van der Waals surface area contributed by atoms with Crippen LogP contribution in [0.25, 0.3) is 0 Å². The van der Waals surface area contributed by atoms with Crippen LogP contribution in [0.4, 0.5) is 0 Å². The number of hydrogen-bond acceptors (Lipinski definition) is 6. The van der Waals surface area contributed by atoms with Crippen LogP contribution in [0, 0.1) is 0 Å². The summed E-state index contributed by atoms with van der Waals surface area (Å²) in [7, 11) is 2.99. The van der Waals surface area contributed by atoms with E-state index >= 15 is 0 Å². The number of likely N-dealkylation sites (N-methyl/N-ethyl adjacent to an activating group) is 1. The summed E-state index contributed by atoms with van der Waals surface area (Å²) in [6.07, 6.45) is 5.90. The van der Waals surface area contributed by atoms with Crippen LogP contribution in [-0.2, 0) is 11.2 Å². The topological polar surface area (TPSA) is 102 Å². The Morgan fingerprint density at radius 1 is 0.775 bits per heavy atom. The third-order valence-electron chi connectivity index (χ3n) is 6.58. The van der Waals surface area contributed by atoms with Gasteiger partial charge in [-0.05, 0) is 72.6 Å². The van der Waals surface area contributed by atoms with E-state index in [0.29, 0.717) is 40.5 Å². The van der Waals surface area contributed by atoms with Gasteiger partial charge in [-0.3, -0.25) is 4.79 Å². The van der Waals surface area contributed by atoms with Gasteiger partial charge >= 0.3 is 11.9 Å². The number of esters is 1. The number of unbranched alkanes of at least 4 members (excludes halogenated alkanes) is 4. The minimum Gasteiger partial charge on any atom is -0.497 e. The average molecular weight is 548 g/mol. The van der Waals surface area contributed by atoms with Crippen LogP contribution in [-0.4, -0.2) is 54.7 Å². The lowest BCUT2D eigenvalue weighted by Gasteiger charge is -2.25. The molecule has 0 spiro atoms. The first-order valence-electron chi connectivity index (χ1n) is 13.5. The van der Waals surface area contributed by atoms with Crippen molar-refractivity contribution in [2.45, 2.75) is 51.5 Å². The summed E-state index contributed by atoms with van der Waals surface area (Å²) in [5, 5.41) is 9.80. The molecule has 0 fully saturated rings. The van der Waals surface area contributed by atoms with Crippen LogP contribution in [0.15, 0.2) is 72.8 Å². The number of hydrogen-bond donors (Lipinski definition) is 1. The number of ether oxygens (including phenoxy) is 3.